The highest BCUT2D eigenvalue weighted by atomic mass is 32.1. The van der Waals surface area contributed by atoms with E-state index in [0.29, 0.717) is 23.8 Å². The van der Waals surface area contributed by atoms with Gasteiger partial charge in [-0.05, 0) is 73.4 Å². The summed E-state index contributed by atoms with van der Waals surface area (Å²) in [5.41, 5.74) is 2.55. The lowest BCUT2D eigenvalue weighted by atomic mass is 10.2. The van der Waals surface area contributed by atoms with Crippen molar-refractivity contribution in [3.8, 4) is 17.1 Å². The van der Waals surface area contributed by atoms with Crippen molar-refractivity contribution in [3.63, 3.8) is 0 Å². The summed E-state index contributed by atoms with van der Waals surface area (Å²) in [6.07, 6.45) is 3.38. The first-order valence-electron chi connectivity index (χ1n) is 9.30. The molecule has 0 saturated heterocycles. The summed E-state index contributed by atoms with van der Waals surface area (Å²) in [4.78, 5) is 6.09. The largest absolute Gasteiger partial charge is 0.283 e. The second kappa shape index (κ2) is 8.64. The lowest BCUT2D eigenvalue weighted by Gasteiger charge is -2.16. The van der Waals surface area contributed by atoms with Crippen molar-refractivity contribution in [2.75, 3.05) is 7.05 Å². The summed E-state index contributed by atoms with van der Waals surface area (Å²) in [5.74, 6) is 0.0648. The van der Waals surface area contributed by atoms with Gasteiger partial charge in [0.15, 0.2) is 5.82 Å². The standard InChI is InChI=1S/C22H19F2N5S/c1-27(14-16-2-4-18(23)5-3-16)15-28-22(30)29(20-8-6-19(24)7-9-20)21(26-28)17-10-12-25-13-11-17/h2-13H,14-15H2,1H3. The van der Waals surface area contributed by atoms with Gasteiger partial charge in [-0.2, -0.15) is 0 Å². The molecule has 2 aromatic carbocycles. The van der Waals surface area contributed by atoms with Gasteiger partial charge in [0.1, 0.15) is 11.6 Å². The minimum atomic E-state index is -0.317. The van der Waals surface area contributed by atoms with E-state index in [0.717, 1.165) is 16.8 Å². The molecule has 5 nitrogen and oxygen atoms in total. The fourth-order valence-electron chi connectivity index (χ4n) is 3.19. The Morgan fingerprint density at radius 1 is 0.900 bits per heavy atom. The first-order valence-corrected chi connectivity index (χ1v) is 9.71. The van der Waals surface area contributed by atoms with Crippen LogP contribution >= 0.6 is 12.2 Å². The van der Waals surface area contributed by atoms with Crippen molar-refractivity contribution in [3.05, 3.63) is 95.0 Å². The predicted octanol–water partition coefficient (Wildman–Crippen LogP) is 4.83. The quantitative estimate of drug-likeness (QED) is 0.416. The zero-order valence-electron chi connectivity index (χ0n) is 16.2. The van der Waals surface area contributed by atoms with Gasteiger partial charge in [-0.25, -0.2) is 13.5 Å². The molecule has 0 bridgehead atoms. The van der Waals surface area contributed by atoms with Gasteiger partial charge in [0.2, 0.25) is 4.77 Å². The maximum atomic E-state index is 13.4. The van der Waals surface area contributed by atoms with Crippen LogP contribution in [0, 0.1) is 16.4 Å². The molecule has 0 atom stereocenters. The summed E-state index contributed by atoms with van der Waals surface area (Å²) in [5, 5.41) is 4.73. The first-order chi connectivity index (χ1) is 14.5. The minimum absolute atomic E-state index is 0.261. The molecule has 2 aromatic heterocycles. The van der Waals surface area contributed by atoms with E-state index < -0.39 is 0 Å². The van der Waals surface area contributed by atoms with Gasteiger partial charge in [-0.15, -0.1) is 5.10 Å². The molecule has 4 rings (SSSR count). The highest BCUT2D eigenvalue weighted by Crippen LogP contribution is 2.22. The topological polar surface area (TPSA) is 38.9 Å². The molecule has 0 aliphatic rings. The summed E-state index contributed by atoms with van der Waals surface area (Å²) < 4.78 is 30.6. The number of hydrogen-bond acceptors (Lipinski definition) is 4. The Hall–Kier alpha value is -3.23. The molecule has 0 amide bonds. The van der Waals surface area contributed by atoms with Crippen LogP contribution in [0.3, 0.4) is 0 Å². The summed E-state index contributed by atoms with van der Waals surface area (Å²) in [6, 6.07) is 16.2. The smallest absolute Gasteiger partial charge is 0.204 e. The van der Waals surface area contributed by atoms with Crippen molar-refractivity contribution in [2.24, 2.45) is 0 Å². The molecular weight excluding hydrogens is 404 g/mol. The minimum Gasteiger partial charge on any atom is -0.283 e. The maximum absolute atomic E-state index is 13.4. The Morgan fingerprint density at radius 2 is 1.50 bits per heavy atom. The molecule has 152 valence electrons. The normalized spacial score (nSPS) is 11.2. The molecule has 0 unspecified atom stereocenters. The number of halogens is 2. The Bertz CT molecular complexity index is 1190. The molecule has 0 aliphatic heterocycles. The van der Waals surface area contributed by atoms with Crippen molar-refractivity contribution in [2.45, 2.75) is 13.2 Å². The summed E-state index contributed by atoms with van der Waals surface area (Å²) >= 11 is 5.71. The van der Waals surface area contributed by atoms with Gasteiger partial charge >= 0.3 is 0 Å². The van der Waals surface area contributed by atoms with Crippen LogP contribution in [-0.4, -0.2) is 31.3 Å². The monoisotopic (exact) mass is 423 g/mol. The number of rotatable bonds is 6. The van der Waals surface area contributed by atoms with Crippen LogP contribution in [0.15, 0.2) is 73.1 Å². The Morgan fingerprint density at radius 3 is 2.13 bits per heavy atom. The van der Waals surface area contributed by atoms with Gasteiger partial charge in [-0.1, -0.05) is 12.1 Å². The van der Waals surface area contributed by atoms with E-state index in [1.54, 1.807) is 41.3 Å². The van der Waals surface area contributed by atoms with E-state index in [1.807, 2.05) is 28.6 Å². The summed E-state index contributed by atoms with van der Waals surface area (Å²) in [6.45, 7) is 1.04. The molecule has 0 saturated carbocycles. The van der Waals surface area contributed by atoms with Crippen molar-refractivity contribution in [1.29, 1.82) is 0 Å². The van der Waals surface area contributed by atoms with Crippen molar-refractivity contribution < 1.29 is 8.78 Å². The Labute approximate surface area is 177 Å². The van der Waals surface area contributed by atoms with Crippen LogP contribution in [0.1, 0.15) is 5.56 Å². The van der Waals surface area contributed by atoms with Gasteiger partial charge in [0.05, 0.1) is 12.4 Å². The molecule has 2 heterocycles. The number of benzene rings is 2. The zero-order valence-corrected chi connectivity index (χ0v) is 17.1. The first kappa shape index (κ1) is 20.1. The van der Waals surface area contributed by atoms with Crippen LogP contribution in [-0.2, 0) is 13.2 Å². The second-order valence-corrected chi connectivity index (χ2v) is 7.30. The van der Waals surface area contributed by atoms with Gasteiger partial charge in [0.25, 0.3) is 0 Å². The zero-order chi connectivity index (χ0) is 21.1. The van der Waals surface area contributed by atoms with Gasteiger partial charge in [-0.3, -0.25) is 14.5 Å². The number of hydrogen-bond donors (Lipinski definition) is 0. The summed E-state index contributed by atoms with van der Waals surface area (Å²) in [7, 11) is 1.94. The van der Waals surface area contributed by atoms with Crippen molar-refractivity contribution in [1.82, 2.24) is 24.2 Å². The highest BCUT2D eigenvalue weighted by Gasteiger charge is 2.15. The Kier molecular flexibility index (Phi) is 5.78. The fraction of sp³-hybridized carbons (Fsp3) is 0.136. The SMILES string of the molecule is CN(Cc1ccc(F)cc1)Cn1nc(-c2ccncc2)n(-c2ccc(F)cc2)c1=S. The fourth-order valence-corrected chi connectivity index (χ4v) is 3.48. The predicted molar refractivity (Wildman–Crippen MR) is 113 cm³/mol. The third kappa shape index (κ3) is 4.34. The van der Waals surface area contributed by atoms with E-state index in [-0.39, 0.29) is 11.6 Å². The van der Waals surface area contributed by atoms with Crippen LogP contribution < -0.4 is 0 Å². The average Bonchev–Trinajstić information content (AvgIpc) is 3.07. The second-order valence-electron chi connectivity index (χ2n) is 6.94. The van der Waals surface area contributed by atoms with Crippen molar-refractivity contribution >= 4 is 12.2 Å². The van der Waals surface area contributed by atoms with E-state index in [1.165, 1.54) is 24.3 Å². The van der Waals surface area contributed by atoms with Gasteiger partial charge in [0, 0.05) is 24.5 Å². The van der Waals surface area contributed by atoms with Crippen LogP contribution in [0.2, 0.25) is 0 Å². The highest BCUT2D eigenvalue weighted by molar-refractivity contribution is 7.71. The molecular formula is C22H19F2N5S. The molecule has 30 heavy (non-hydrogen) atoms. The lowest BCUT2D eigenvalue weighted by molar-refractivity contribution is 0.244. The van der Waals surface area contributed by atoms with E-state index >= 15 is 0 Å². The van der Waals surface area contributed by atoms with Crippen LogP contribution in [0.5, 0.6) is 0 Å². The molecule has 8 heteroatoms. The third-order valence-corrected chi connectivity index (χ3v) is 5.00. The van der Waals surface area contributed by atoms with E-state index in [9.17, 15) is 8.78 Å². The molecule has 0 radical (unpaired) electrons. The molecule has 0 spiro atoms. The molecule has 0 fully saturated rings. The third-order valence-electron chi connectivity index (χ3n) is 4.60. The number of pyridine rings is 1. The number of aromatic nitrogens is 4. The van der Waals surface area contributed by atoms with E-state index in [2.05, 4.69) is 4.98 Å². The number of nitrogens with zero attached hydrogens (tertiary/aromatic N) is 5. The molecule has 0 aliphatic carbocycles. The van der Waals surface area contributed by atoms with Crippen LogP contribution in [0.4, 0.5) is 8.78 Å². The van der Waals surface area contributed by atoms with Gasteiger partial charge < -0.3 is 0 Å². The molecule has 0 N–H and O–H groups in total. The average molecular weight is 423 g/mol. The molecule has 4 aromatic rings. The Balaban J connectivity index is 1.69. The van der Waals surface area contributed by atoms with E-state index in [4.69, 9.17) is 17.3 Å². The lowest BCUT2D eigenvalue weighted by Crippen LogP contribution is -2.22. The van der Waals surface area contributed by atoms with Crippen LogP contribution in [0.25, 0.3) is 17.1 Å². The maximum Gasteiger partial charge on any atom is 0.204 e.